The molecule has 4 heteroatoms. The van der Waals surface area contributed by atoms with E-state index in [1.807, 2.05) is 6.07 Å². The van der Waals surface area contributed by atoms with Crippen LogP contribution in [-0.2, 0) is 6.16 Å². The van der Waals surface area contributed by atoms with Gasteiger partial charge in [0.1, 0.15) is 0 Å². The van der Waals surface area contributed by atoms with Gasteiger partial charge in [0.2, 0.25) is 0 Å². The molecule has 5 rings (SSSR count). The Hall–Kier alpha value is -2.62. The van der Waals surface area contributed by atoms with Crippen molar-refractivity contribution in [3.63, 3.8) is 0 Å². The number of aromatic amines is 1. The van der Waals surface area contributed by atoms with E-state index in [0.29, 0.717) is 0 Å². The molecule has 0 aliphatic rings. The first kappa shape index (κ1) is 21.2. The second-order valence-electron chi connectivity index (χ2n) is 8.10. The molecule has 1 N–H and O–H groups in total. The van der Waals surface area contributed by atoms with Crippen LogP contribution in [0, 0.1) is 0 Å². The Labute approximate surface area is 202 Å². The summed E-state index contributed by atoms with van der Waals surface area (Å²) in [4.78, 5) is 3.71. The van der Waals surface area contributed by atoms with Crippen molar-refractivity contribution in [2.45, 2.75) is 6.16 Å². The van der Waals surface area contributed by atoms with E-state index in [9.17, 15) is 0 Å². The summed E-state index contributed by atoms with van der Waals surface area (Å²) in [6.07, 6.45) is 0.904. The second kappa shape index (κ2) is 8.38. The van der Waals surface area contributed by atoms with Gasteiger partial charge in [-0.3, -0.25) is 0 Å². The zero-order valence-electron chi connectivity index (χ0n) is 17.9. The number of benzene rings is 4. The first-order chi connectivity index (χ1) is 15.6. The quantitative estimate of drug-likeness (QED) is 0.189. The Morgan fingerprint density at radius 2 is 1.19 bits per heavy atom. The van der Waals surface area contributed by atoms with Gasteiger partial charge < -0.3 is 0 Å². The van der Waals surface area contributed by atoms with Gasteiger partial charge in [0, 0.05) is 0 Å². The Kier molecular flexibility index (Phi) is 5.56. The van der Waals surface area contributed by atoms with Gasteiger partial charge in [-0.15, -0.1) is 0 Å². The van der Waals surface area contributed by atoms with Crippen LogP contribution in [0.1, 0.15) is 5.69 Å². The number of halogens is 1. The van der Waals surface area contributed by atoms with E-state index in [-0.39, 0.29) is 0 Å². The zero-order valence-corrected chi connectivity index (χ0v) is 21.0. The number of methoxy groups -OCH3 is 1. The SMILES string of the molecule is COc1ccc2[nH]c(CP(I)(c3ccccc3)(c3ccccc3)c3ccccc3)cc2c1. The molecule has 5 aromatic rings. The molecule has 4 aromatic carbocycles. The van der Waals surface area contributed by atoms with Crippen molar-refractivity contribution < 1.29 is 4.74 Å². The number of rotatable bonds is 6. The zero-order chi connectivity index (χ0) is 22.0. The van der Waals surface area contributed by atoms with E-state index in [0.717, 1.165) is 17.4 Å². The molecule has 0 atom stereocenters. The summed E-state index contributed by atoms with van der Waals surface area (Å²) in [5.74, 6) is 0.879. The average Bonchev–Trinajstić information content (AvgIpc) is 3.26. The summed E-state index contributed by atoms with van der Waals surface area (Å²) in [6, 6.07) is 41.6. The molecule has 0 radical (unpaired) electrons. The van der Waals surface area contributed by atoms with Gasteiger partial charge in [-0.25, -0.2) is 0 Å². The summed E-state index contributed by atoms with van der Waals surface area (Å²) >= 11 is 2.83. The van der Waals surface area contributed by atoms with Crippen LogP contribution in [-0.4, -0.2) is 12.1 Å². The molecular formula is C28H25INOP. The molecule has 1 heterocycles. The Morgan fingerprint density at radius 1 is 0.688 bits per heavy atom. The van der Waals surface area contributed by atoms with Crippen LogP contribution in [0.5, 0.6) is 5.75 Å². The van der Waals surface area contributed by atoms with Crippen molar-refractivity contribution in [3.8, 4) is 5.75 Å². The average molecular weight is 549 g/mol. The molecule has 0 aliphatic carbocycles. The van der Waals surface area contributed by atoms with Gasteiger partial charge in [-0.05, 0) is 0 Å². The van der Waals surface area contributed by atoms with Crippen LogP contribution in [0.2, 0.25) is 0 Å². The van der Waals surface area contributed by atoms with Gasteiger partial charge in [0.15, 0.2) is 0 Å². The Morgan fingerprint density at radius 3 is 1.66 bits per heavy atom. The van der Waals surface area contributed by atoms with Crippen molar-refractivity contribution in [2.75, 3.05) is 7.11 Å². The summed E-state index contributed by atoms with van der Waals surface area (Å²) in [6.45, 7) is 0. The topological polar surface area (TPSA) is 25.0 Å². The minimum atomic E-state index is -2.86. The number of fused-ring (bicyclic) bond motifs is 1. The van der Waals surface area contributed by atoms with E-state index in [2.05, 4.69) is 136 Å². The second-order valence-corrected chi connectivity index (χ2v) is 18.7. The van der Waals surface area contributed by atoms with E-state index in [1.54, 1.807) is 7.11 Å². The van der Waals surface area contributed by atoms with Crippen molar-refractivity contribution >= 4 is 53.1 Å². The van der Waals surface area contributed by atoms with Gasteiger partial charge in [0.25, 0.3) is 0 Å². The van der Waals surface area contributed by atoms with E-state index in [1.165, 1.54) is 27.0 Å². The predicted octanol–water partition coefficient (Wildman–Crippen LogP) is 6.56. The Balaban J connectivity index is 1.80. The summed E-state index contributed by atoms with van der Waals surface area (Å²) in [7, 11) is 1.71. The van der Waals surface area contributed by atoms with Crippen LogP contribution in [0.15, 0.2) is 115 Å². The normalized spacial score (nSPS) is 12.9. The summed E-state index contributed by atoms with van der Waals surface area (Å²) < 4.78 is 2.59. The van der Waals surface area contributed by atoms with Crippen LogP contribution in [0.4, 0.5) is 0 Å². The fourth-order valence-electron chi connectivity index (χ4n) is 4.64. The summed E-state index contributed by atoms with van der Waals surface area (Å²) in [5, 5.41) is 5.32. The molecule has 1 aromatic heterocycles. The third-order valence-corrected chi connectivity index (χ3v) is 17.3. The third-order valence-electron chi connectivity index (χ3n) is 6.23. The van der Waals surface area contributed by atoms with Crippen LogP contribution in [0.3, 0.4) is 0 Å². The van der Waals surface area contributed by atoms with Crippen LogP contribution < -0.4 is 20.7 Å². The predicted molar refractivity (Wildman–Crippen MR) is 148 cm³/mol. The number of nitrogens with one attached hydrogen (secondary N) is 1. The van der Waals surface area contributed by atoms with E-state index >= 15 is 0 Å². The minimum absolute atomic E-state index is 0.879. The molecule has 0 fully saturated rings. The maximum absolute atomic E-state index is 5.45. The molecule has 0 unspecified atom stereocenters. The summed E-state index contributed by atoms with van der Waals surface area (Å²) in [5.41, 5.74) is 2.37. The number of hydrogen-bond acceptors (Lipinski definition) is 1. The first-order valence-electron chi connectivity index (χ1n) is 10.7. The molecule has 0 saturated heterocycles. The van der Waals surface area contributed by atoms with Crippen molar-refractivity contribution in [2.24, 2.45) is 0 Å². The molecule has 32 heavy (non-hydrogen) atoms. The number of H-pyrrole nitrogens is 1. The van der Waals surface area contributed by atoms with Crippen molar-refractivity contribution in [1.82, 2.24) is 4.98 Å². The number of hydrogen-bond donors (Lipinski definition) is 1. The maximum atomic E-state index is 5.45. The molecule has 0 saturated carbocycles. The Bertz CT molecular complexity index is 1250. The molecule has 0 bridgehead atoms. The molecule has 0 spiro atoms. The fraction of sp³-hybridized carbons (Fsp3) is 0.0714. The monoisotopic (exact) mass is 549 g/mol. The van der Waals surface area contributed by atoms with Crippen molar-refractivity contribution in [1.29, 1.82) is 0 Å². The van der Waals surface area contributed by atoms with Crippen molar-refractivity contribution in [3.05, 3.63) is 121 Å². The number of ether oxygens (including phenoxy) is 1. The standard InChI is InChI=1S/C28H25INOP/c1-31-24-17-18-28-22(20-24)19-23(30-28)21-32(29,25-11-5-2-6-12-25,26-13-7-3-8-14-26)27-15-9-4-10-16-27/h2-20,30H,21H2,1H3. The van der Waals surface area contributed by atoms with Gasteiger partial charge in [0.05, 0.1) is 0 Å². The number of aromatic nitrogens is 1. The molecular weight excluding hydrogens is 524 g/mol. The van der Waals surface area contributed by atoms with Gasteiger partial charge >= 0.3 is 203 Å². The third kappa shape index (κ3) is 3.44. The van der Waals surface area contributed by atoms with Crippen LogP contribution in [0.25, 0.3) is 10.9 Å². The van der Waals surface area contributed by atoms with Gasteiger partial charge in [-0.2, -0.15) is 0 Å². The van der Waals surface area contributed by atoms with E-state index < -0.39 is 4.25 Å². The molecule has 160 valence electrons. The molecule has 0 amide bonds. The van der Waals surface area contributed by atoms with Crippen LogP contribution >= 0.6 is 26.3 Å². The molecule has 2 nitrogen and oxygen atoms in total. The van der Waals surface area contributed by atoms with E-state index in [4.69, 9.17) is 4.74 Å². The first-order valence-corrected chi connectivity index (χ1v) is 15.9. The molecule has 0 aliphatic heterocycles. The van der Waals surface area contributed by atoms with Gasteiger partial charge in [-0.1, -0.05) is 0 Å². The fourth-order valence-corrected chi connectivity index (χ4v) is 13.3.